The number of carbonyl (C=O) groups excluding carboxylic acids is 1. The van der Waals surface area contributed by atoms with E-state index >= 15 is 0 Å². The van der Waals surface area contributed by atoms with Crippen LogP contribution in [0.2, 0.25) is 0 Å². The molecular formula is C27H31N5O3. The third-order valence-corrected chi connectivity index (χ3v) is 7.55. The summed E-state index contributed by atoms with van der Waals surface area (Å²) in [7, 11) is 0. The summed E-state index contributed by atoms with van der Waals surface area (Å²) in [4.78, 5) is 31.5. The molecule has 3 aromatic rings. The predicted molar refractivity (Wildman–Crippen MR) is 132 cm³/mol. The Hall–Kier alpha value is -3.44. The molecule has 1 unspecified atom stereocenters. The number of aliphatic hydroxyl groups excluding tert-OH is 1. The minimum Gasteiger partial charge on any atom is -0.396 e. The lowest BCUT2D eigenvalue weighted by atomic mass is 9.84. The molecule has 8 nitrogen and oxygen atoms in total. The molecule has 1 saturated carbocycles. The molecule has 2 fully saturated rings. The van der Waals surface area contributed by atoms with Crippen molar-refractivity contribution in [3.63, 3.8) is 0 Å². The van der Waals surface area contributed by atoms with E-state index in [0.29, 0.717) is 48.0 Å². The van der Waals surface area contributed by atoms with Gasteiger partial charge in [-0.05, 0) is 36.3 Å². The van der Waals surface area contributed by atoms with Crippen LogP contribution >= 0.6 is 0 Å². The minimum absolute atomic E-state index is 0.197. The number of rotatable bonds is 5. The fourth-order valence-corrected chi connectivity index (χ4v) is 5.43. The minimum atomic E-state index is -0.422. The summed E-state index contributed by atoms with van der Waals surface area (Å²) < 4.78 is 1.21. The largest absolute Gasteiger partial charge is 0.396 e. The molecule has 0 radical (unpaired) electrons. The van der Waals surface area contributed by atoms with Gasteiger partial charge in [-0.15, -0.1) is 0 Å². The van der Waals surface area contributed by atoms with Crippen molar-refractivity contribution in [2.24, 2.45) is 5.92 Å². The molecule has 2 atom stereocenters. The van der Waals surface area contributed by atoms with Crippen LogP contribution in [0.25, 0.3) is 16.9 Å². The molecule has 2 N–H and O–H groups in total. The molecule has 1 aliphatic heterocycles. The fraction of sp³-hybridized carbons (Fsp3) is 0.481. The van der Waals surface area contributed by atoms with Gasteiger partial charge in [-0.2, -0.15) is 14.9 Å². The average Bonchev–Trinajstić information content (AvgIpc) is 3.54. The number of nitriles is 1. The van der Waals surface area contributed by atoms with Gasteiger partial charge in [-0.1, -0.05) is 50.5 Å². The summed E-state index contributed by atoms with van der Waals surface area (Å²) in [5.41, 5.74) is 3.48. The number of fused-ring (bicyclic) bond motifs is 1. The Labute approximate surface area is 204 Å². The van der Waals surface area contributed by atoms with Gasteiger partial charge in [0.1, 0.15) is 5.56 Å². The average molecular weight is 474 g/mol. The van der Waals surface area contributed by atoms with E-state index in [9.17, 15) is 20.0 Å². The molecule has 182 valence electrons. The highest BCUT2D eigenvalue weighted by atomic mass is 16.3. The van der Waals surface area contributed by atoms with Gasteiger partial charge in [0.25, 0.3) is 11.5 Å². The van der Waals surface area contributed by atoms with Crippen LogP contribution in [-0.4, -0.2) is 50.2 Å². The van der Waals surface area contributed by atoms with E-state index in [-0.39, 0.29) is 24.0 Å². The summed E-state index contributed by atoms with van der Waals surface area (Å²) >= 11 is 0. The van der Waals surface area contributed by atoms with Crippen molar-refractivity contribution >= 4 is 11.6 Å². The zero-order valence-corrected chi connectivity index (χ0v) is 20.0. The molecule has 1 aromatic carbocycles. The molecule has 8 heteroatoms. The summed E-state index contributed by atoms with van der Waals surface area (Å²) in [6.45, 7) is 2.41. The lowest BCUT2D eigenvalue weighted by Gasteiger charge is -2.22. The molecule has 3 heterocycles. The molecule has 1 amide bonds. The SMILES string of the molecule is C[C@@H](CO)c1nn2c(=O)cc(-c3ccc(C4CCCCC4)cc3)[nH]c2c1C(=O)N1CCC(C#N)C1. The first kappa shape index (κ1) is 23.3. The van der Waals surface area contributed by atoms with E-state index in [1.807, 2.05) is 12.1 Å². The van der Waals surface area contributed by atoms with E-state index < -0.39 is 5.92 Å². The summed E-state index contributed by atoms with van der Waals surface area (Å²) in [6, 6.07) is 12.1. The van der Waals surface area contributed by atoms with Gasteiger partial charge in [0.05, 0.1) is 30.0 Å². The van der Waals surface area contributed by atoms with Crippen molar-refractivity contribution in [3.8, 4) is 17.3 Å². The third-order valence-electron chi connectivity index (χ3n) is 7.55. The number of carbonyl (C=O) groups is 1. The maximum atomic E-state index is 13.6. The molecule has 35 heavy (non-hydrogen) atoms. The Morgan fingerprint density at radius 3 is 2.63 bits per heavy atom. The van der Waals surface area contributed by atoms with Gasteiger partial charge in [-0.3, -0.25) is 9.59 Å². The van der Waals surface area contributed by atoms with E-state index in [2.05, 4.69) is 28.3 Å². The van der Waals surface area contributed by atoms with E-state index in [1.54, 1.807) is 11.8 Å². The number of benzene rings is 1. The lowest BCUT2D eigenvalue weighted by molar-refractivity contribution is 0.0789. The van der Waals surface area contributed by atoms with Crippen LogP contribution in [0.3, 0.4) is 0 Å². The zero-order valence-electron chi connectivity index (χ0n) is 20.0. The highest BCUT2D eigenvalue weighted by Gasteiger charge is 2.33. The number of hydrogen-bond donors (Lipinski definition) is 2. The number of aromatic nitrogens is 3. The van der Waals surface area contributed by atoms with Crippen molar-refractivity contribution < 1.29 is 9.90 Å². The van der Waals surface area contributed by atoms with Gasteiger partial charge in [0.15, 0.2) is 5.65 Å². The van der Waals surface area contributed by atoms with Crippen LogP contribution in [0, 0.1) is 17.2 Å². The molecule has 1 aliphatic carbocycles. The number of H-pyrrole nitrogens is 1. The van der Waals surface area contributed by atoms with Crippen molar-refractivity contribution in [1.82, 2.24) is 19.5 Å². The first-order chi connectivity index (χ1) is 17.0. The highest BCUT2D eigenvalue weighted by Crippen LogP contribution is 2.33. The molecule has 2 aromatic heterocycles. The van der Waals surface area contributed by atoms with Crippen molar-refractivity contribution in [2.75, 3.05) is 19.7 Å². The quantitative estimate of drug-likeness (QED) is 0.585. The van der Waals surface area contributed by atoms with Gasteiger partial charge in [0.2, 0.25) is 0 Å². The van der Waals surface area contributed by atoms with Crippen LogP contribution in [-0.2, 0) is 0 Å². The normalized spacial score (nSPS) is 19.7. The van der Waals surface area contributed by atoms with Crippen LogP contribution in [0.1, 0.15) is 78.9 Å². The molecule has 0 spiro atoms. The standard InChI is InChI=1S/C27H31N5O3/c1-17(16-33)25-24(27(35)31-12-11-18(14-28)15-31)26-29-22(13-23(34)32(26)30-25)21-9-7-20(8-10-21)19-5-3-2-4-6-19/h7-10,13,17-19,29,33H,2-6,11-12,15-16H2,1H3/t17-,18?/m0/s1. The van der Waals surface area contributed by atoms with Gasteiger partial charge < -0.3 is 15.0 Å². The first-order valence-corrected chi connectivity index (χ1v) is 12.6. The number of aromatic amines is 1. The number of amides is 1. The lowest BCUT2D eigenvalue weighted by Crippen LogP contribution is -2.30. The second kappa shape index (κ2) is 9.67. The Kier molecular flexibility index (Phi) is 6.44. The highest BCUT2D eigenvalue weighted by molar-refractivity contribution is 6.01. The Bertz CT molecular complexity index is 1330. The molecule has 2 aliphatic rings. The van der Waals surface area contributed by atoms with Gasteiger partial charge >= 0.3 is 0 Å². The number of nitrogens with one attached hydrogen (secondary N) is 1. The third kappa shape index (κ3) is 4.37. The monoisotopic (exact) mass is 473 g/mol. The Morgan fingerprint density at radius 1 is 1.23 bits per heavy atom. The smallest absolute Gasteiger partial charge is 0.274 e. The molecule has 5 rings (SSSR count). The number of hydrogen-bond acceptors (Lipinski definition) is 5. The predicted octanol–water partition coefficient (Wildman–Crippen LogP) is 3.82. The number of aliphatic hydroxyl groups is 1. The van der Waals surface area contributed by atoms with E-state index in [0.717, 1.165) is 5.56 Å². The summed E-state index contributed by atoms with van der Waals surface area (Å²) in [5.74, 6) is -0.293. The van der Waals surface area contributed by atoms with Gasteiger partial charge in [-0.25, -0.2) is 0 Å². The van der Waals surface area contributed by atoms with Crippen molar-refractivity contribution in [1.29, 1.82) is 5.26 Å². The topological polar surface area (TPSA) is 114 Å². The van der Waals surface area contributed by atoms with E-state index in [4.69, 9.17) is 0 Å². The van der Waals surface area contributed by atoms with Crippen LogP contribution < -0.4 is 5.56 Å². The van der Waals surface area contributed by atoms with Crippen LogP contribution in [0.5, 0.6) is 0 Å². The first-order valence-electron chi connectivity index (χ1n) is 12.6. The van der Waals surface area contributed by atoms with Crippen molar-refractivity contribution in [2.45, 2.75) is 57.3 Å². The Morgan fingerprint density at radius 2 is 1.97 bits per heavy atom. The van der Waals surface area contributed by atoms with Crippen LogP contribution in [0.15, 0.2) is 35.1 Å². The van der Waals surface area contributed by atoms with Crippen LogP contribution in [0.4, 0.5) is 0 Å². The molecule has 1 saturated heterocycles. The second-order valence-electron chi connectivity index (χ2n) is 9.95. The summed E-state index contributed by atoms with van der Waals surface area (Å²) in [5, 5.41) is 23.5. The molecule has 0 bridgehead atoms. The van der Waals surface area contributed by atoms with Gasteiger partial charge in [0, 0.05) is 25.1 Å². The maximum absolute atomic E-state index is 13.6. The van der Waals surface area contributed by atoms with Crippen molar-refractivity contribution in [3.05, 3.63) is 57.5 Å². The second-order valence-corrected chi connectivity index (χ2v) is 9.95. The zero-order chi connectivity index (χ0) is 24.5. The summed E-state index contributed by atoms with van der Waals surface area (Å²) in [6.07, 6.45) is 6.93. The van der Waals surface area contributed by atoms with E-state index in [1.165, 1.54) is 48.2 Å². The Balaban J connectivity index is 1.56. The maximum Gasteiger partial charge on any atom is 0.274 e. The number of likely N-dealkylation sites (tertiary alicyclic amines) is 1. The molecular weight excluding hydrogens is 442 g/mol. The number of nitrogens with zero attached hydrogens (tertiary/aromatic N) is 4. The fourth-order valence-electron chi connectivity index (χ4n) is 5.43.